The van der Waals surface area contributed by atoms with E-state index in [1.54, 1.807) is 19.4 Å². The lowest BCUT2D eigenvalue weighted by atomic mass is 10.1. The Morgan fingerprint density at radius 1 is 1.50 bits per heavy atom. The van der Waals surface area contributed by atoms with Crippen LogP contribution >= 0.6 is 0 Å². The Hall–Kier alpha value is -2.01. The number of phenolic OH excluding ortho intramolecular Hbond substituents is 1. The number of nitrogens with zero attached hydrogens (tertiary/aromatic N) is 1. The molecular formula is C15H21N3O2. The van der Waals surface area contributed by atoms with Gasteiger partial charge in [0.2, 0.25) is 0 Å². The second-order valence-corrected chi connectivity index (χ2v) is 4.85. The minimum absolute atomic E-state index is 0.113. The number of pyridine rings is 1. The molecule has 0 aliphatic carbocycles. The van der Waals surface area contributed by atoms with Gasteiger partial charge in [-0.2, -0.15) is 0 Å². The number of benzene rings is 1. The van der Waals surface area contributed by atoms with Crippen LogP contribution in [0.15, 0.2) is 24.4 Å². The van der Waals surface area contributed by atoms with E-state index in [1.165, 1.54) is 0 Å². The monoisotopic (exact) mass is 275 g/mol. The van der Waals surface area contributed by atoms with Crippen LogP contribution in [0.5, 0.6) is 11.5 Å². The van der Waals surface area contributed by atoms with Crippen molar-refractivity contribution in [2.75, 3.05) is 19.0 Å². The minimum Gasteiger partial charge on any atom is -0.504 e. The third kappa shape index (κ3) is 2.93. The van der Waals surface area contributed by atoms with Gasteiger partial charge in [-0.05, 0) is 38.4 Å². The molecule has 1 heterocycles. The fourth-order valence-corrected chi connectivity index (χ4v) is 2.30. The first-order chi connectivity index (χ1) is 9.67. The van der Waals surface area contributed by atoms with Crippen LogP contribution in [0.4, 0.5) is 5.69 Å². The number of aromatic nitrogens is 1. The highest BCUT2D eigenvalue weighted by molar-refractivity contribution is 5.97. The van der Waals surface area contributed by atoms with Gasteiger partial charge in [0.25, 0.3) is 0 Å². The summed E-state index contributed by atoms with van der Waals surface area (Å²) in [5.74, 6) is 0.565. The molecule has 5 nitrogen and oxygen atoms in total. The fraction of sp³-hybridized carbons (Fsp3) is 0.400. The van der Waals surface area contributed by atoms with Gasteiger partial charge < -0.3 is 20.9 Å². The molecule has 1 aromatic carbocycles. The van der Waals surface area contributed by atoms with Crippen molar-refractivity contribution < 1.29 is 9.84 Å². The highest BCUT2D eigenvalue weighted by Gasteiger charge is 2.14. The highest BCUT2D eigenvalue weighted by Crippen LogP contribution is 2.38. The van der Waals surface area contributed by atoms with Crippen LogP contribution in [-0.4, -0.2) is 29.8 Å². The van der Waals surface area contributed by atoms with Crippen molar-refractivity contribution in [3.63, 3.8) is 0 Å². The Balaban J connectivity index is 2.38. The number of anilines is 1. The van der Waals surface area contributed by atoms with E-state index in [-0.39, 0.29) is 11.8 Å². The number of phenols is 1. The Morgan fingerprint density at radius 3 is 3.00 bits per heavy atom. The van der Waals surface area contributed by atoms with Crippen molar-refractivity contribution in [1.29, 1.82) is 0 Å². The third-order valence-electron chi connectivity index (χ3n) is 3.27. The van der Waals surface area contributed by atoms with Gasteiger partial charge in [-0.3, -0.25) is 4.98 Å². The number of fused-ring (bicyclic) bond motifs is 1. The van der Waals surface area contributed by atoms with Gasteiger partial charge >= 0.3 is 0 Å². The second kappa shape index (κ2) is 6.43. The van der Waals surface area contributed by atoms with Crippen LogP contribution < -0.4 is 15.8 Å². The molecule has 0 spiro atoms. The molecular weight excluding hydrogens is 254 g/mol. The van der Waals surface area contributed by atoms with E-state index in [2.05, 4.69) is 17.2 Å². The van der Waals surface area contributed by atoms with Gasteiger partial charge in [0, 0.05) is 23.7 Å². The maximum atomic E-state index is 10.1. The number of rotatable bonds is 6. The molecule has 4 N–H and O–H groups in total. The van der Waals surface area contributed by atoms with Crippen molar-refractivity contribution in [3.05, 3.63) is 24.4 Å². The van der Waals surface area contributed by atoms with Crippen LogP contribution in [0.2, 0.25) is 0 Å². The standard InChI is InChI=1S/C15H21N3O2/c1-10(5-3-7-16)18-12-9-13(19)15(20-2)11-6-4-8-17-14(11)12/h4,6,8-10,18-19H,3,5,7,16H2,1-2H3. The Kier molecular flexibility index (Phi) is 4.63. The third-order valence-corrected chi connectivity index (χ3v) is 3.27. The number of aromatic hydroxyl groups is 1. The predicted octanol–water partition coefficient (Wildman–Crippen LogP) is 2.49. The largest absolute Gasteiger partial charge is 0.504 e. The molecule has 20 heavy (non-hydrogen) atoms. The Morgan fingerprint density at radius 2 is 2.30 bits per heavy atom. The molecule has 0 bridgehead atoms. The topological polar surface area (TPSA) is 80.4 Å². The maximum Gasteiger partial charge on any atom is 0.170 e. The fourth-order valence-electron chi connectivity index (χ4n) is 2.30. The summed E-state index contributed by atoms with van der Waals surface area (Å²) in [6, 6.07) is 5.63. The molecule has 1 atom stereocenters. The zero-order valence-electron chi connectivity index (χ0n) is 11.9. The number of methoxy groups -OCH3 is 1. The molecule has 2 aromatic rings. The highest BCUT2D eigenvalue weighted by atomic mass is 16.5. The molecule has 1 aromatic heterocycles. The smallest absolute Gasteiger partial charge is 0.170 e. The summed E-state index contributed by atoms with van der Waals surface area (Å²) in [7, 11) is 1.54. The molecule has 108 valence electrons. The summed E-state index contributed by atoms with van der Waals surface area (Å²) in [5.41, 5.74) is 7.13. The normalized spacial score (nSPS) is 12.3. The van der Waals surface area contributed by atoms with Crippen molar-refractivity contribution in [1.82, 2.24) is 4.98 Å². The average molecular weight is 275 g/mol. The number of nitrogens with two attached hydrogens (primary N) is 1. The van der Waals surface area contributed by atoms with Crippen LogP contribution in [0, 0.1) is 0 Å². The van der Waals surface area contributed by atoms with Gasteiger partial charge in [-0.15, -0.1) is 0 Å². The molecule has 1 unspecified atom stereocenters. The minimum atomic E-state index is 0.113. The van der Waals surface area contributed by atoms with E-state index in [1.807, 2.05) is 12.1 Å². The predicted molar refractivity (Wildman–Crippen MR) is 81.3 cm³/mol. The SMILES string of the molecule is COc1c(O)cc(NC(C)CCCN)c2ncccc12. The quantitative estimate of drug-likeness (QED) is 0.754. The molecule has 0 saturated carbocycles. The van der Waals surface area contributed by atoms with Crippen LogP contribution in [0.1, 0.15) is 19.8 Å². The van der Waals surface area contributed by atoms with Crippen molar-refractivity contribution in [2.24, 2.45) is 5.73 Å². The van der Waals surface area contributed by atoms with Crippen LogP contribution in [0.3, 0.4) is 0 Å². The molecule has 0 fully saturated rings. The van der Waals surface area contributed by atoms with Crippen molar-refractivity contribution >= 4 is 16.6 Å². The summed E-state index contributed by atoms with van der Waals surface area (Å²) in [6.07, 6.45) is 3.66. The lowest BCUT2D eigenvalue weighted by Gasteiger charge is -2.18. The molecule has 0 radical (unpaired) electrons. The molecule has 2 rings (SSSR count). The summed E-state index contributed by atoms with van der Waals surface area (Å²) < 4.78 is 5.25. The van der Waals surface area contributed by atoms with E-state index < -0.39 is 0 Å². The zero-order valence-corrected chi connectivity index (χ0v) is 11.9. The molecule has 0 saturated heterocycles. The van der Waals surface area contributed by atoms with Crippen LogP contribution in [0.25, 0.3) is 10.9 Å². The van der Waals surface area contributed by atoms with E-state index in [0.29, 0.717) is 12.3 Å². The number of hydrogen-bond acceptors (Lipinski definition) is 5. The zero-order chi connectivity index (χ0) is 14.5. The van der Waals surface area contributed by atoms with Crippen molar-refractivity contribution in [3.8, 4) is 11.5 Å². The van der Waals surface area contributed by atoms with E-state index in [9.17, 15) is 5.11 Å². The first kappa shape index (κ1) is 14.4. The molecule has 0 aliphatic heterocycles. The lowest BCUT2D eigenvalue weighted by molar-refractivity contribution is 0.378. The van der Waals surface area contributed by atoms with E-state index in [4.69, 9.17) is 10.5 Å². The Bertz CT molecular complexity index is 587. The first-order valence-electron chi connectivity index (χ1n) is 6.78. The number of hydrogen-bond donors (Lipinski definition) is 3. The van der Waals surface area contributed by atoms with Gasteiger partial charge in [-0.25, -0.2) is 0 Å². The summed E-state index contributed by atoms with van der Waals surface area (Å²) in [5, 5.41) is 14.2. The van der Waals surface area contributed by atoms with E-state index in [0.717, 1.165) is 29.4 Å². The molecule has 5 heteroatoms. The van der Waals surface area contributed by atoms with Gasteiger partial charge in [0.15, 0.2) is 11.5 Å². The first-order valence-corrected chi connectivity index (χ1v) is 6.78. The number of nitrogens with one attached hydrogen (secondary N) is 1. The average Bonchev–Trinajstić information content (AvgIpc) is 2.45. The second-order valence-electron chi connectivity index (χ2n) is 4.85. The lowest BCUT2D eigenvalue weighted by Crippen LogP contribution is -2.17. The van der Waals surface area contributed by atoms with Gasteiger partial charge in [0.05, 0.1) is 18.3 Å². The van der Waals surface area contributed by atoms with Crippen molar-refractivity contribution in [2.45, 2.75) is 25.8 Å². The van der Waals surface area contributed by atoms with E-state index >= 15 is 0 Å². The molecule has 0 amide bonds. The maximum absolute atomic E-state index is 10.1. The van der Waals surface area contributed by atoms with Gasteiger partial charge in [0.1, 0.15) is 0 Å². The Labute approximate surface area is 118 Å². The summed E-state index contributed by atoms with van der Waals surface area (Å²) >= 11 is 0. The summed E-state index contributed by atoms with van der Waals surface area (Å²) in [6.45, 7) is 2.77. The molecule has 0 aliphatic rings. The summed E-state index contributed by atoms with van der Waals surface area (Å²) in [4.78, 5) is 4.39. The number of ether oxygens (including phenoxy) is 1. The van der Waals surface area contributed by atoms with Crippen LogP contribution in [-0.2, 0) is 0 Å². The van der Waals surface area contributed by atoms with Gasteiger partial charge in [-0.1, -0.05) is 0 Å².